The standard InChI is InChI=1S/C27H18N2/c1-3-11-21(12-4-1)19-20-22-13-7-8-16-24(22)27-28-25-17-9-10-18-26(25)29(27)23-14-5-2-6-15-23/h1-18H. The summed E-state index contributed by atoms with van der Waals surface area (Å²) in [5.74, 6) is 7.52. The summed E-state index contributed by atoms with van der Waals surface area (Å²) in [5, 5.41) is 0. The zero-order valence-electron chi connectivity index (χ0n) is 15.8. The molecule has 0 amide bonds. The van der Waals surface area contributed by atoms with E-state index in [9.17, 15) is 0 Å². The first-order chi connectivity index (χ1) is 14.4. The minimum atomic E-state index is 0.898. The molecule has 2 heteroatoms. The van der Waals surface area contributed by atoms with Crippen molar-refractivity contribution in [2.75, 3.05) is 0 Å². The number of para-hydroxylation sites is 3. The lowest BCUT2D eigenvalue weighted by Gasteiger charge is -2.10. The number of hydrogen-bond donors (Lipinski definition) is 0. The molecule has 0 saturated heterocycles. The van der Waals surface area contributed by atoms with Gasteiger partial charge in [-0.2, -0.15) is 0 Å². The van der Waals surface area contributed by atoms with Crippen LogP contribution in [0.2, 0.25) is 0 Å². The molecule has 0 saturated carbocycles. The molecule has 0 aliphatic rings. The largest absolute Gasteiger partial charge is 0.292 e. The van der Waals surface area contributed by atoms with Gasteiger partial charge in [0.25, 0.3) is 0 Å². The predicted molar refractivity (Wildman–Crippen MR) is 119 cm³/mol. The minimum absolute atomic E-state index is 0.898. The zero-order valence-corrected chi connectivity index (χ0v) is 15.8. The highest BCUT2D eigenvalue weighted by molar-refractivity contribution is 5.84. The molecule has 1 heterocycles. The molecule has 0 fully saturated rings. The Hall–Kier alpha value is -4.09. The van der Waals surface area contributed by atoms with Crippen LogP contribution in [0.5, 0.6) is 0 Å². The molecule has 0 aliphatic heterocycles. The summed E-state index contributed by atoms with van der Waals surface area (Å²) in [6.45, 7) is 0. The van der Waals surface area contributed by atoms with E-state index in [1.807, 2.05) is 60.7 Å². The fourth-order valence-corrected chi connectivity index (χ4v) is 3.49. The molecule has 0 unspecified atom stereocenters. The molecule has 5 aromatic rings. The second kappa shape index (κ2) is 7.50. The molecule has 29 heavy (non-hydrogen) atoms. The molecule has 0 N–H and O–H groups in total. The van der Waals surface area contributed by atoms with Crippen LogP contribution in [0.4, 0.5) is 0 Å². The second-order valence-corrected chi connectivity index (χ2v) is 6.76. The van der Waals surface area contributed by atoms with Crippen LogP contribution in [0.15, 0.2) is 109 Å². The van der Waals surface area contributed by atoms with E-state index >= 15 is 0 Å². The highest BCUT2D eigenvalue weighted by Gasteiger charge is 2.15. The summed E-state index contributed by atoms with van der Waals surface area (Å²) in [4.78, 5) is 4.97. The van der Waals surface area contributed by atoms with Gasteiger partial charge in [0.15, 0.2) is 0 Å². The van der Waals surface area contributed by atoms with Gasteiger partial charge in [0.05, 0.1) is 11.0 Å². The highest BCUT2D eigenvalue weighted by atomic mass is 15.1. The molecule has 1 aromatic heterocycles. The van der Waals surface area contributed by atoms with Crippen molar-refractivity contribution in [2.24, 2.45) is 0 Å². The number of fused-ring (bicyclic) bond motifs is 1. The van der Waals surface area contributed by atoms with Crippen LogP contribution in [-0.2, 0) is 0 Å². The second-order valence-electron chi connectivity index (χ2n) is 6.76. The van der Waals surface area contributed by atoms with E-state index in [2.05, 4.69) is 64.9 Å². The first-order valence-corrected chi connectivity index (χ1v) is 9.59. The van der Waals surface area contributed by atoms with Crippen molar-refractivity contribution in [3.63, 3.8) is 0 Å². The molecule has 2 nitrogen and oxygen atoms in total. The Labute approximate surface area is 170 Å². The monoisotopic (exact) mass is 370 g/mol. The van der Waals surface area contributed by atoms with Gasteiger partial charge in [0.1, 0.15) is 5.82 Å². The van der Waals surface area contributed by atoms with Crippen molar-refractivity contribution in [3.05, 3.63) is 120 Å². The maximum atomic E-state index is 4.97. The molecule has 5 rings (SSSR count). The normalized spacial score (nSPS) is 10.5. The van der Waals surface area contributed by atoms with E-state index in [1.165, 1.54) is 0 Å². The predicted octanol–water partition coefficient (Wildman–Crippen LogP) is 6.09. The fourth-order valence-electron chi connectivity index (χ4n) is 3.49. The van der Waals surface area contributed by atoms with Crippen molar-refractivity contribution in [2.45, 2.75) is 0 Å². The van der Waals surface area contributed by atoms with E-state index in [0.29, 0.717) is 0 Å². The van der Waals surface area contributed by atoms with Gasteiger partial charge in [-0.15, -0.1) is 0 Å². The van der Waals surface area contributed by atoms with Gasteiger partial charge in [0, 0.05) is 22.4 Å². The lowest BCUT2D eigenvalue weighted by molar-refractivity contribution is 1.10. The van der Waals surface area contributed by atoms with Crippen molar-refractivity contribution >= 4 is 11.0 Å². The number of hydrogen-bond acceptors (Lipinski definition) is 1. The highest BCUT2D eigenvalue weighted by Crippen LogP contribution is 2.30. The van der Waals surface area contributed by atoms with E-state index in [1.54, 1.807) is 0 Å². The average Bonchev–Trinajstić information content (AvgIpc) is 3.18. The molecule has 0 atom stereocenters. The number of benzene rings is 4. The van der Waals surface area contributed by atoms with Crippen molar-refractivity contribution < 1.29 is 0 Å². The maximum Gasteiger partial charge on any atom is 0.146 e. The number of nitrogens with zero attached hydrogens (tertiary/aromatic N) is 2. The Morgan fingerprint density at radius 1 is 0.586 bits per heavy atom. The fraction of sp³-hybridized carbons (Fsp3) is 0. The summed E-state index contributed by atoms with van der Waals surface area (Å²) in [5.41, 5.74) is 6.12. The smallest absolute Gasteiger partial charge is 0.146 e. The van der Waals surface area contributed by atoms with Crippen molar-refractivity contribution in [1.82, 2.24) is 9.55 Å². The number of rotatable bonds is 2. The molecule has 0 radical (unpaired) electrons. The SMILES string of the molecule is C(#Cc1ccccc1-c1nc2ccccc2n1-c1ccccc1)c1ccccc1. The van der Waals surface area contributed by atoms with Crippen LogP contribution in [0.3, 0.4) is 0 Å². The van der Waals surface area contributed by atoms with E-state index in [4.69, 9.17) is 4.98 Å². The molecule has 4 aromatic carbocycles. The van der Waals surface area contributed by atoms with Crippen LogP contribution in [0, 0.1) is 11.8 Å². The van der Waals surface area contributed by atoms with Gasteiger partial charge < -0.3 is 0 Å². The Morgan fingerprint density at radius 3 is 2.07 bits per heavy atom. The van der Waals surface area contributed by atoms with Crippen LogP contribution in [0.1, 0.15) is 11.1 Å². The van der Waals surface area contributed by atoms with Gasteiger partial charge in [-0.1, -0.05) is 72.5 Å². The molecule has 0 aliphatic carbocycles. The lowest BCUT2D eigenvalue weighted by atomic mass is 10.1. The molecular formula is C27H18N2. The van der Waals surface area contributed by atoms with E-state index < -0.39 is 0 Å². The first-order valence-electron chi connectivity index (χ1n) is 9.59. The van der Waals surface area contributed by atoms with Gasteiger partial charge in [0.2, 0.25) is 0 Å². The van der Waals surface area contributed by atoms with E-state index in [-0.39, 0.29) is 0 Å². The summed E-state index contributed by atoms with van der Waals surface area (Å²) in [6, 6.07) is 36.8. The first kappa shape index (κ1) is 17.0. The third-order valence-corrected chi connectivity index (χ3v) is 4.86. The van der Waals surface area contributed by atoms with Crippen LogP contribution < -0.4 is 0 Å². The maximum absolute atomic E-state index is 4.97. The van der Waals surface area contributed by atoms with Gasteiger partial charge in [-0.05, 0) is 48.5 Å². The summed E-state index contributed by atoms with van der Waals surface area (Å²) >= 11 is 0. The van der Waals surface area contributed by atoms with Gasteiger partial charge in [-0.25, -0.2) is 4.98 Å². The van der Waals surface area contributed by atoms with Crippen LogP contribution in [0.25, 0.3) is 28.1 Å². The Morgan fingerprint density at radius 2 is 1.24 bits per heavy atom. The van der Waals surface area contributed by atoms with Gasteiger partial charge >= 0.3 is 0 Å². The third-order valence-electron chi connectivity index (χ3n) is 4.86. The topological polar surface area (TPSA) is 17.8 Å². The molecule has 0 spiro atoms. The molecule has 136 valence electrons. The lowest BCUT2D eigenvalue weighted by Crippen LogP contribution is -1.98. The van der Waals surface area contributed by atoms with E-state index in [0.717, 1.165) is 39.2 Å². The molecule has 0 bridgehead atoms. The van der Waals surface area contributed by atoms with Crippen LogP contribution >= 0.6 is 0 Å². The van der Waals surface area contributed by atoms with Crippen molar-refractivity contribution in [1.29, 1.82) is 0 Å². The Kier molecular flexibility index (Phi) is 4.41. The number of imidazole rings is 1. The van der Waals surface area contributed by atoms with Gasteiger partial charge in [-0.3, -0.25) is 4.57 Å². The summed E-state index contributed by atoms with van der Waals surface area (Å²) in [6.07, 6.45) is 0. The average molecular weight is 370 g/mol. The minimum Gasteiger partial charge on any atom is -0.292 e. The number of aromatic nitrogens is 2. The third kappa shape index (κ3) is 3.31. The Balaban J connectivity index is 1.73. The summed E-state index contributed by atoms with van der Waals surface area (Å²) in [7, 11) is 0. The zero-order chi connectivity index (χ0) is 19.5. The Bertz CT molecular complexity index is 1340. The molecular weight excluding hydrogens is 352 g/mol. The quantitative estimate of drug-likeness (QED) is 0.344. The summed E-state index contributed by atoms with van der Waals surface area (Å²) < 4.78 is 2.21. The van der Waals surface area contributed by atoms with Crippen molar-refractivity contribution in [3.8, 4) is 28.9 Å². The van der Waals surface area contributed by atoms with Crippen LogP contribution in [-0.4, -0.2) is 9.55 Å².